The number of nitrogens with zero attached hydrogens (tertiary/aromatic N) is 1. The molecule has 1 aliphatic carbocycles. The van der Waals surface area contributed by atoms with Crippen molar-refractivity contribution in [3.05, 3.63) is 34.9 Å². The summed E-state index contributed by atoms with van der Waals surface area (Å²) in [5.41, 5.74) is 2.28. The minimum Gasteiger partial charge on any atom is -0.481 e. The summed E-state index contributed by atoms with van der Waals surface area (Å²) in [5, 5.41) is 9.00. The van der Waals surface area contributed by atoms with Crippen LogP contribution in [0.1, 0.15) is 54.6 Å². The minimum absolute atomic E-state index is 0.0618. The van der Waals surface area contributed by atoms with Gasteiger partial charge in [0.25, 0.3) is 5.91 Å². The number of carbonyl (C=O) groups is 2. The fraction of sp³-hybridized carbons (Fsp3) is 0.500. The van der Waals surface area contributed by atoms with Crippen molar-refractivity contribution >= 4 is 11.9 Å². The van der Waals surface area contributed by atoms with Gasteiger partial charge in [-0.1, -0.05) is 26.0 Å². The maximum absolute atomic E-state index is 12.4. The maximum atomic E-state index is 12.4. The third-order valence-corrected chi connectivity index (χ3v) is 4.30. The average molecular weight is 273 g/mol. The third-order valence-electron chi connectivity index (χ3n) is 4.30. The van der Waals surface area contributed by atoms with E-state index in [2.05, 4.69) is 0 Å². The van der Waals surface area contributed by atoms with Crippen LogP contribution in [-0.4, -0.2) is 27.9 Å². The number of rotatable bonds is 4. The summed E-state index contributed by atoms with van der Waals surface area (Å²) >= 11 is 0. The fourth-order valence-electron chi connectivity index (χ4n) is 2.91. The molecule has 3 rings (SSSR count). The first-order valence-electron chi connectivity index (χ1n) is 7.05. The Hall–Kier alpha value is -1.84. The Balaban J connectivity index is 1.91. The fourth-order valence-corrected chi connectivity index (χ4v) is 2.91. The van der Waals surface area contributed by atoms with Crippen LogP contribution >= 0.6 is 0 Å². The predicted octanol–water partition coefficient (Wildman–Crippen LogP) is 2.56. The van der Waals surface area contributed by atoms with Gasteiger partial charge in [0.15, 0.2) is 0 Å². The van der Waals surface area contributed by atoms with Crippen LogP contribution in [-0.2, 0) is 16.8 Å². The van der Waals surface area contributed by atoms with E-state index in [0.717, 1.165) is 29.5 Å². The van der Waals surface area contributed by atoms with Gasteiger partial charge in [-0.3, -0.25) is 9.59 Å². The smallest absolute Gasteiger partial charge is 0.304 e. The van der Waals surface area contributed by atoms with Gasteiger partial charge in [-0.25, -0.2) is 0 Å². The number of carboxylic acids is 1. The van der Waals surface area contributed by atoms with Gasteiger partial charge in [-0.05, 0) is 30.0 Å². The van der Waals surface area contributed by atoms with Crippen molar-refractivity contribution in [2.45, 2.75) is 51.1 Å². The molecule has 1 aromatic rings. The lowest BCUT2D eigenvalue weighted by atomic mass is 9.80. The minimum atomic E-state index is -0.818. The Morgan fingerprint density at radius 3 is 2.70 bits per heavy atom. The molecule has 0 spiro atoms. The Bertz CT molecular complexity index is 587. The van der Waals surface area contributed by atoms with Crippen molar-refractivity contribution in [1.29, 1.82) is 0 Å². The number of fused-ring (bicyclic) bond motifs is 1. The number of aliphatic carboxylic acids is 1. The molecule has 0 atom stereocenters. The summed E-state index contributed by atoms with van der Waals surface area (Å²) in [6, 6.07) is 6.26. The molecule has 106 valence electrons. The summed E-state index contributed by atoms with van der Waals surface area (Å²) in [7, 11) is 0. The van der Waals surface area contributed by atoms with E-state index in [9.17, 15) is 9.59 Å². The van der Waals surface area contributed by atoms with Crippen molar-refractivity contribution in [3.8, 4) is 0 Å². The molecule has 4 nitrogen and oxygen atoms in total. The summed E-state index contributed by atoms with van der Waals surface area (Å²) in [4.78, 5) is 25.3. The molecule has 0 unspecified atom stereocenters. The van der Waals surface area contributed by atoms with Crippen molar-refractivity contribution in [1.82, 2.24) is 4.90 Å². The van der Waals surface area contributed by atoms with Crippen LogP contribution in [0.4, 0.5) is 0 Å². The summed E-state index contributed by atoms with van der Waals surface area (Å²) < 4.78 is 0. The molecular weight excluding hydrogens is 254 g/mol. The van der Waals surface area contributed by atoms with Crippen molar-refractivity contribution in [2.24, 2.45) is 0 Å². The van der Waals surface area contributed by atoms with Crippen LogP contribution < -0.4 is 0 Å². The molecule has 2 aliphatic rings. The molecule has 0 bridgehead atoms. The van der Waals surface area contributed by atoms with Crippen molar-refractivity contribution in [3.63, 3.8) is 0 Å². The topological polar surface area (TPSA) is 57.6 Å². The standard InChI is InChI=1S/C16H19NO3/c1-16(2,8-14(18)19)11-4-3-10-9-17(12-5-6-12)15(20)13(10)7-11/h3-4,7,12H,5-6,8-9H2,1-2H3,(H,18,19). The zero-order chi connectivity index (χ0) is 14.5. The molecule has 1 amide bonds. The maximum Gasteiger partial charge on any atom is 0.304 e. The van der Waals surface area contributed by atoms with E-state index < -0.39 is 11.4 Å². The summed E-state index contributed by atoms with van der Waals surface area (Å²) in [6.45, 7) is 4.51. The lowest BCUT2D eigenvalue weighted by Gasteiger charge is -2.23. The van der Waals surface area contributed by atoms with Gasteiger partial charge in [-0.2, -0.15) is 0 Å². The molecule has 1 aliphatic heterocycles. The first-order chi connectivity index (χ1) is 9.38. The monoisotopic (exact) mass is 273 g/mol. The van der Waals surface area contributed by atoms with Crippen LogP contribution in [0.5, 0.6) is 0 Å². The van der Waals surface area contributed by atoms with Gasteiger partial charge < -0.3 is 10.0 Å². The normalized spacial score (nSPS) is 18.3. The highest BCUT2D eigenvalue weighted by molar-refractivity contribution is 5.99. The van der Waals surface area contributed by atoms with Gasteiger partial charge in [0, 0.05) is 23.6 Å². The molecule has 20 heavy (non-hydrogen) atoms. The van der Waals surface area contributed by atoms with E-state index in [-0.39, 0.29) is 12.3 Å². The number of hydrogen-bond donors (Lipinski definition) is 1. The van der Waals surface area contributed by atoms with E-state index in [4.69, 9.17) is 5.11 Å². The zero-order valence-electron chi connectivity index (χ0n) is 11.8. The zero-order valence-corrected chi connectivity index (χ0v) is 11.8. The quantitative estimate of drug-likeness (QED) is 0.917. The lowest BCUT2D eigenvalue weighted by molar-refractivity contribution is -0.138. The largest absolute Gasteiger partial charge is 0.481 e. The first kappa shape index (κ1) is 13.2. The van der Waals surface area contributed by atoms with Crippen LogP contribution in [0.25, 0.3) is 0 Å². The number of hydrogen-bond acceptors (Lipinski definition) is 2. The lowest BCUT2D eigenvalue weighted by Crippen LogP contribution is -2.26. The molecule has 0 radical (unpaired) electrons. The van der Waals surface area contributed by atoms with Gasteiger partial charge in [0.2, 0.25) is 0 Å². The molecule has 4 heteroatoms. The summed E-state index contributed by atoms with van der Waals surface area (Å²) in [5.74, 6) is -0.711. The second kappa shape index (κ2) is 4.33. The summed E-state index contributed by atoms with van der Waals surface area (Å²) in [6.07, 6.45) is 2.28. The second-order valence-corrected chi connectivity index (χ2v) is 6.49. The molecule has 1 heterocycles. The highest BCUT2D eigenvalue weighted by Gasteiger charge is 2.38. The number of carboxylic acid groups (broad SMARTS) is 1. The first-order valence-corrected chi connectivity index (χ1v) is 7.05. The van der Waals surface area contributed by atoms with Crippen LogP contribution in [0.3, 0.4) is 0 Å². The van der Waals surface area contributed by atoms with Gasteiger partial charge in [0.05, 0.1) is 6.42 Å². The average Bonchev–Trinajstić information content (AvgIpc) is 3.13. The van der Waals surface area contributed by atoms with Gasteiger partial charge >= 0.3 is 5.97 Å². The SMILES string of the molecule is CC(C)(CC(=O)O)c1ccc2c(c1)C(=O)N(C1CC1)C2. The second-order valence-electron chi connectivity index (χ2n) is 6.49. The van der Waals surface area contributed by atoms with E-state index >= 15 is 0 Å². The number of carbonyl (C=O) groups excluding carboxylic acids is 1. The molecule has 1 saturated carbocycles. The molecule has 0 saturated heterocycles. The van der Waals surface area contributed by atoms with Crippen LogP contribution in [0, 0.1) is 0 Å². The van der Waals surface area contributed by atoms with Crippen LogP contribution in [0.2, 0.25) is 0 Å². The highest BCUT2D eigenvalue weighted by atomic mass is 16.4. The Kier molecular flexibility index (Phi) is 2.85. The van der Waals surface area contributed by atoms with Gasteiger partial charge in [-0.15, -0.1) is 0 Å². The number of benzene rings is 1. The molecule has 1 N–H and O–H groups in total. The molecule has 1 aromatic carbocycles. The van der Waals surface area contributed by atoms with Crippen molar-refractivity contribution < 1.29 is 14.7 Å². The van der Waals surface area contributed by atoms with Crippen molar-refractivity contribution in [2.75, 3.05) is 0 Å². The van der Waals surface area contributed by atoms with Crippen LogP contribution in [0.15, 0.2) is 18.2 Å². The predicted molar refractivity (Wildman–Crippen MR) is 74.6 cm³/mol. The van der Waals surface area contributed by atoms with E-state index in [1.807, 2.05) is 36.9 Å². The highest BCUT2D eigenvalue weighted by Crippen LogP contribution is 2.36. The molecular formula is C16H19NO3. The van der Waals surface area contributed by atoms with E-state index in [0.29, 0.717) is 12.6 Å². The van der Waals surface area contributed by atoms with E-state index in [1.165, 1.54) is 0 Å². The Morgan fingerprint density at radius 2 is 2.10 bits per heavy atom. The molecule has 0 aromatic heterocycles. The Labute approximate surface area is 118 Å². The molecule has 1 fully saturated rings. The van der Waals surface area contributed by atoms with Gasteiger partial charge in [0.1, 0.15) is 0 Å². The number of amides is 1. The Morgan fingerprint density at radius 1 is 1.40 bits per heavy atom. The van der Waals surface area contributed by atoms with E-state index in [1.54, 1.807) is 0 Å². The third kappa shape index (κ3) is 2.19.